The maximum absolute atomic E-state index is 10.9. The second kappa shape index (κ2) is 3.03. The van der Waals surface area contributed by atoms with Crippen LogP contribution in [0.25, 0.3) is 0 Å². The summed E-state index contributed by atoms with van der Waals surface area (Å²) in [4.78, 5) is 10.9. The topological polar surface area (TPSA) is 44.8 Å². The summed E-state index contributed by atoms with van der Waals surface area (Å²) in [7, 11) is 0. The number of rotatable bonds is 0. The molecule has 0 N–H and O–H groups in total. The maximum Gasteiger partial charge on any atom is 0.305 e. The van der Waals surface area contributed by atoms with E-state index < -0.39 is 0 Å². The first-order chi connectivity index (χ1) is 5.81. The highest BCUT2D eigenvalue weighted by Gasteiger charge is 2.38. The third kappa shape index (κ3) is 1.44. The molecule has 2 rings (SSSR count). The molecule has 4 nitrogen and oxygen atoms in total. The van der Waals surface area contributed by atoms with Gasteiger partial charge in [0.15, 0.2) is 0 Å². The van der Waals surface area contributed by atoms with Crippen molar-refractivity contribution in [3.05, 3.63) is 0 Å². The van der Waals surface area contributed by atoms with Gasteiger partial charge in [-0.15, -0.1) is 0 Å². The van der Waals surface area contributed by atoms with Crippen molar-refractivity contribution >= 4 is 5.97 Å². The molecule has 0 aromatic carbocycles. The van der Waals surface area contributed by atoms with E-state index in [-0.39, 0.29) is 11.6 Å². The van der Waals surface area contributed by atoms with Gasteiger partial charge in [0.05, 0.1) is 18.8 Å². The Morgan fingerprint density at radius 3 is 3.00 bits per heavy atom. The fourth-order valence-corrected chi connectivity index (χ4v) is 1.60. The molecule has 0 aliphatic carbocycles. The zero-order chi connectivity index (χ0) is 8.44. The predicted octanol–water partition coefficient (Wildman–Crippen LogP) is 0.457. The fourth-order valence-electron chi connectivity index (χ4n) is 1.60. The van der Waals surface area contributed by atoms with E-state index in [0.29, 0.717) is 26.4 Å². The highest BCUT2D eigenvalue weighted by molar-refractivity contribution is 5.69. The third-order valence-corrected chi connectivity index (χ3v) is 2.42. The molecule has 2 aliphatic heterocycles. The van der Waals surface area contributed by atoms with E-state index >= 15 is 0 Å². The van der Waals surface area contributed by atoms with E-state index in [0.717, 1.165) is 12.8 Å². The summed E-state index contributed by atoms with van der Waals surface area (Å²) in [5, 5.41) is 0. The second-order valence-electron chi connectivity index (χ2n) is 3.26. The van der Waals surface area contributed by atoms with Gasteiger partial charge in [0.1, 0.15) is 6.79 Å². The van der Waals surface area contributed by atoms with Gasteiger partial charge >= 0.3 is 5.97 Å². The first-order valence-corrected chi connectivity index (χ1v) is 4.18. The van der Waals surface area contributed by atoms with Crippen LogP contribution in [0.2, 0.25) is 0 Å². The molecule has 0 aromatic rings. The summed E-state index contributed by atoms with van der Waals surface area (Å²) in [6, 6.07) is 0. The van der Waals surface area contributed by atoms with E-state index in [9.17, 15) is 4.79 Å². The second-order valence-corrected chi connectivity index (χ2v) is 3.26. The average molecular weight is 172 g/mol. The van der Waals surface area contributed by atoms with Crippen LogP contribution in [0.3, 0.4) is 0 Å². The Morgan fingerprint density at radius 1 is 1.33 bits per heavy atom. The quantitative estimate of drug-likeness (QED) is 0.498. The molecule has 2 heterocycles. The van der Waals surface area contributed by atoms with Crippen LogP contribution in [0.15, 0.2) is 0 Å². The third-order valence-electron chi connectivity index (χ3n) is 2.42. The normalized spacial score (nSPS) is 36.5. The summed E-state index contributed by atoms with van der Waals surface area (Å²) in [5.74, 6) is -0.123. The van der Waals surface area contributed by atoms with Crippen LogP contribution >= 0.6 is 0 Å². The van der Waals surface area contributed by atoms with Gasteiger partial charge < -0.3 is 14.2 Å². The molecule has 1 unspecified atom stereocenters. The molecule has 4 heteroatoms. The van der Waals surface area contributed by atoms with Crippen LogP contribution in [-0.4, -0.2) is 31.6 Å². The monoisotopic (exact) mass is 172 g/mol. The van der Waals surface area contributed by atoms with Gasteiger partial charge in [0.2, 0.25) is 0 Å². The van der Waals surface area contributed by atoms with Gasteiger partial charge in [0, 0.05) is 12.8 Å². The minimum atomic E-state index is -0.230. The maximum atomic E-state index is 10.9. The predicted molar refractivity (Wildman–Crippen MR) is 39.4 cm³/mol. The van der Waals surface area contributed by atoms with E-state index in [1.807, 2.05) is 0 Å². The Balaban J connectivity index is 2.01. The molecule has 0 radical (unpaired) electrons. The number of carbonyl (C=O) groups is 1. The standard InChI is InChI=1S/C8H12O4/c9-7-1-2-8(3-4-11-7)5-10-6-12-8/h1-6H2. The van der Waals surface area contributed by atoms with Crippen molar-refractivity contribution in [3.63, 3.8) is 0 Å². The summed E-state index contributed by atoms with van der Waals surface area (Å²) in [5.41, 5.74) is -0.230. The molecule has 0 amide bonds. The fraction of sp³-hybridized carbons (Fsp3) is 0.875. The SMILES string of the molecule is O=C1CCC2(CCO1)COCO2. The number of carbonyl (C=O) groups excluding carboxylic acids is 1. The molecule has 0 aromatic heterocycles. The van der Waals surface area contributed by atoms with E-state index in [4.69, 9.17) is 14.2 Å². The lowest BCUT2D eigenvalue weighted by Crippen LogP contribution is -2.31. The number of cyclic esters (lactones) is 1. The molecule has 2 aliphatic rings. The van der Waals surface area contributed by atoms with Gasteiger partial charge in [-0.3, -0.25) is 4.79 Å². The highest BCUT2D eigenvalue weighted by atomic mass is 16.7. The molecular weight excluding hydrogens is 160 g/mol. The van der Waals surface area contributed by atoms with Crippen LogP contribution in [0, 0.1) is 0 Å². The molecule has 1 spiro atoms. The Morgan fingerprint density at radius 2 is 2.25 bits per heavy atom. The van der Waals surface area contributed by atoms with Crippen molar-refractivity contribution in [2.45, 2.75) is 24.9 Å². The van der Waals surface area contributed by atoms with E-state index in [2.05, 4.69) is 0 Å². The van der Waals surface area contributed by atoms with Crippen LogP contribution < -0.4 is 0 Å². The van der Waals surface area contributed by atoms with Crippen molar-refractivity contribution in [1.29, 1.82) is 0 Å². The Hall–Kier alpha value is -0.610. The first kappa shape index (κ1) is 8.01. The van der Waals surface area contributed by atoms with Gasteiger partial charge in [-0.25, -0.2) is 0 Å². The Labute approximate surface area is 70.8 Å². The van der Waals surface area contributed by atoms with Gasteiger partial charge in [-0.1, -0.05) is 0 Å². The van der Waals surface area contributed by atoms with Crippen LogP contribution in [0.4, 0.5) is 0 Å². The number of hydrogen-bond acceptors (Lipinski definition) is 4. The molecule has 0 saturated carbocycles. The van der Waals surface area contributed by atoms with E-state index in [1.165, 1.54) is 0 Å². The number of ether oxygens (including phenoxy) is 3. The van der Waals surface area contributed by atoms with Crippen LogP contribution in [-0.2, 0) is 19.0 Å². The Kier molecular flexibility index (Phi) is 2.02. The van der Waals surface area contributed by atoms with Gasteiger partial charge in [-0.05, 0) is 6.42 Å². The molecule has 1 atom stereocenters. The molecule has 0 bridgehead atoms. The lowest BCUT2D eigenvalue weighted by molar-refractivity contribution is -0.142. The number of esters is 1. The minimum absolute atomic E-state index is 0.123. The van der Waals surface area contributed by atoms with Gasteiger partial charge in [-0.2, -0.15) is 0 Å². The first-order valence-electron chi connectivity index (χ1n) is 4.18. The van der Waals surface area contributed by atoms with Crippen molar-refractivity contribution in [2.24, 2.45) is 0 Å². The molecule has 2 fully saturated rings. The lowest BCUT2D eigenvalue weighted by atomic mass is 9.96. The summed E-state index contributed by atoms with van der Waals surface area (Å²) < 4.78 is 15.5. The zero-order valence-corrected chi connectivity index (χ0v) is 6.88. The summed E-state index contributed by atoms with van der Waals surface area (Å²) in [6.45, 7) is 1.42. The Bertz CT molecular complexity index is 183. The average Bonchev–Trinajstić information content (AvgIpc) is 2.42. The highest BCUT2D eigenvalue weighted by Crippen LogP contribution is 2.29. The van der Waals surface area contributed by atoms with E-state index in [1.54, 1.807) is 0 Å². The molecule has 68 valence electrons. The van der Waals surface area contributed by atoms with Crippen molar-refractivity contribution < 1.29 is 19.0 Å². The molecule has 2 saturated heterocycles. The summed E-state index contributed by atoms with van der Waals surface area (Å²) >= 11 is 0. The largest absolute Gasteiger partial charge is 0.466 e. The lowest BCUT2D eigenvalue weighted by Gasteiger charge is -2.22. The van der Waals surface area contributed by atoms with Crippen molar-refractivity contribution in [3.8, 4) is 0 Å². The minimum Gasteiger partial charge on any atom is -0.466 e. The number of hydrogen-bond donors (Lipinski definition) is 0. The van der Waals surface area contributed by atoms with Gasteiger partial charge in [0.25, 0.3) is 0 Å². The van der Waals surface area contributed by atoms with Crippen molar-refractivity contribution in [1.82, 2.24) is 0 Å². The summed E-state index contributed by atoms with van der Waals surface area (Å²) in [6.07, 6.45) is 1.94. The zero-order valence-electron chi connectivity index (χ0n) is 6.88. The molecule has 12 heavy (non-hydrogen) atoms. The van der Waals surface area contributed by atoms with Crippen LogP contribution in [0.1, 0.15) is 19.3 Å². The van der Waals surface area contributed by atoms with Crippen LogP contribution in [0.5, 0.6) is 0 Å². The smallest absolute Gasteiger partial charge is 0.305 e. The molecular formula is C8H12O4. The van der Waals surface area contributed by atoms with Crippen molar-refractivity contribution in [2.75, 3.05) is 20.0 Å².